The number of anilines is 1. The summed E-state index contributed by atoms with van der Waals surface area (Å²) in [6.45, 7) is 4.57. The molecule has 0 aliphatic heterocycles. The number of nitrogens with zero attached hydrogens (tertiary/aromatic N) is 1. The van der Waals surface area contributed by atoms with Gasteiger partial charge in [0.2, 0.25) is 11.8 Å². The molecule has 0 heterocycles. The quantitative estimate of drug-likeness (QED) is 0.736. The maximum Gasteiger partial charge on any atom is 0.243 e. The lowest BCUT2D eigenvalue weighted by molar-refractivity contribution is -0.134. The van der Waals surface area contributed by atoms with Crippen LogP contribution >= 0.6 is 0 Å². The average molecular weight is 370 g/mol. The first-order valence-electron chi connectivity index (χ1n) is 8.93. The summed E-state index contributed by atoms with van der Waals surface area (Å²) in [6.07, 6.45) is 0.216. The molecule has 2 rings (SSSR count). The van der Waals surface area contributed by atoms with Crippen LogP contribution in [0.4, 0.5) is 5.69 Å². The Morgan fingerprint density at radius 2 is 1.81 bits per heavy atom. The fourth-order valence-electron chi connectivity index (χ4n) is 2.50. The standard InChI is InChI=1S/C21H26N2O4/c1-4-23(15-20(24)22-17-6-5-7-19(14-17)26-3)21(25)12-13-27-18-10-8-16(2)9-11-18/h5-11,14H,4,12-13,15H2,1-3H3,(H,22,24). The van der Waals surface area contributed by atoms with Crippen molar-refractivity contribution in [1.29, 1.82) is 0 Å². The van der Waals surface area contributed by atoms with Crippen LogP contribution in [0.2, 0.25) is 0 Å². The average Bonchev–Trinajstić information content (AvgIpc) is 2.67. The van der Waals surface area contributed by atoms with E-state index in [1.807, 2.05) is 38.1 Å². The molecule has 0 unspecified atom stereocenters. The zero-order chi connectivity index (χ0) is 19.6. The Labute approximate surface area is 160 Å². The van der Waals surface area contributed by atoms with E-state index >= 15 is 0 Å². The number of hydrogen-bond donors (Lipinski definition) is 1. The van der Waals surface area contributed by atoms with E-state index in [1.54, 1.807) is 31.4 Å². The largest absolute Gasteiger partial charge is 0.497 e. The number of rotatable bonds is 9. The van der Waals surface area contributed by atoms with Gasteiger partial charge in [0.25, 0.3) is 0 Å². The minimum Gasteiger partial charge on any atom is -0.497 e. The Kier molecular flexibility index (Phi) is 7.67. The van der Waals surface area contributed by atoms with Crippen LogP contribution in [-0.2, 0) is 9.59 Å². The second kappa shape index (κ2) is 10.2. The Bertz CT molecular complexity index is 759. The normalized spacial score (nSPS) is 10.2. The molecule has 6 nitrogen and oxygen atoms in total. The van der Waals surface area contributed by atoms with Gasteiger partial charge in [0.05, 0.1) is 26.7 Å². The van der Waals surface area contributed by atoms with Gasteiger partial charge in [0.15, 0.2) is 0 Å². The highest BCUT2D eigenvalue weighted by molar-refractivity contribution is 5.94. The molecule has 0 saturated carbocycles. The van der Waals surface area contributed by atoms with Crippen LogP contribution < -0.4 is 14.8 Å². The van der Waals surface area contributed by atoms with Gasteiger partial charge < -0.3 is 19.7 Å². The number of benzene rings is 2. The molecule has 6 heteroatoms. The molecule has 1 N–H and O–H groups in total. The van der Waals surface area contributed by atoms with Crippen LogP contribution in [0.25, 0.3) is 0 Å². The van der Waals surface area contributed by atoms with Crippen LogP contribution in [0.5, 0.6) is 11.5 Å². The molecule has 2 aromatic carbocycles. The summed E-state index contributed by atoms with van der Waals surface area (Å²) in [4.78, 5) is 26.1. The highest BCUT2D eigenvalue weighted by atomic mass is 16.5. The minimum atomic E-state index is -0.252. The molecule has 0 bridgehead atoms. The van der Waals surface area contributed by atoms with Gasteiger partial charge in [-0.15, -0.1) is 0 Å². The van der Waals surface area contributed by atoms with E-state index < -0.39 is 0 Å². The van der Waals surface area contributed by atoms with Crippen molar-refractivity contribution in [2.45, 2.75) is 20.3 Å². The van der Waals surface area contributed by atoms with E-state index in [1.165, 1.54) is 4.90 Å². The molecule has 0 radical (unpaired) electrons. The number of carbonyl (C=O) groups is 2. The third-order valence-electron chi connectivity index (χ3n) is 4.03. The predicted octanol–water partition coefficient (Wildman–Crippen LogP) is 3.26. The number of ether oxygens (including phenoxy) is 2. The lowest BCUT2D eigenvalue weighted by Gasteiger charge is -2.20. The van der Waals surface area contributed by atoms with E-state index in [9.17, 15) is 9.59 Å². The molecule has 0 aromatic heterocycles. The SMILES string of the molecule is CCN(CC(=O)Nc1cccc(OC)c1)C(=O)CCOc1ccc(C)cc1. The highest BCUT2D eigenvalue weighted by Crippen LogP contribution is 2.16. The number of carbonyl (C=O) groups excluding carboxylic acids is 2. The van der Waals surface area contributed by atoms with Crippen molar-refractivity contribution >= 4 is 17.5 Å². The molecule has 144 valence electrons. The van der Waals surface area contributed by atoms with Gasteiger partial charge in [0.1, 0.15) is 11.5 Å². The van der Waals surface area contributed by atoms with Crippen molar-refractivity contribution in [1.82, 2.24) is 4.90 Å². The first kappa shape index (κ1) is 20.3. The van der Waals surface area contributed by atoms with Crippen LogP contribution in [0.1, 0.15) is 18.9 Å². The monoisotopic (exact) mass is 370 g/mol. The summed E-state index contributed by atoms with van der Waals surface area (Å²) in [5.41, 5.74) is 1.78. The topological polar surface area (TPSA) is 67.9 Å². The first-order valence-corrected chi connectivity index (χ1v) is 8.93. The molecule has 0 aliphatic carbocycles. The minimum absolute atomic E-state index is 0.00290. The second-order valence-electron chi connectivity index (χ2n) is 6.10. The van der Waals surface area contributed by atoms with Gasteiger partial charge in [-0.2, -0.15) is 0 Å². The van der Waals surface area contributed by atoms with E-state index in [0.717, 1.165) is 11.3 Å². The van der Waals surface area contributed by atoms with Crippen LogP contribution in [0.15, 0.2) is 48.5 Å². The van der Waals surface area contributed by atoms with Crippen molar-refractivity contribution < 1.29 is 19.1 Å². The zero-order valence-electron chi connectivity index (χ0n) is 16.0. The molecule has 0 saturated heterocycles. The number of methoxy groups -OCH3 is 1. The van der Waals surface area contributed by atoms with Crippen molar-refractivity contribution in [3.05, 3.63) is 54.1 Å². The van der Waals surface area contributed by atoms with Gasteiger partial charge in [-0.05, 0) is 38.1 Å². The Hall–Kier alpha value is -3.02. The lowest BCUT2D eigenvalue weighted by Crippen LogP contribution is -2.38. The van der Waals surface area contributed by atoms with E-state index in [4.69, 9.17) is 9.47 Å². The third kappa shape index (κ3) is 6.66. The number of aryl methyl sites for hydroxylation is 1. The molecule has 2 amide bonds. The smallest absolute Gasteiger partial charge is 0.243 e. The van der Waals surface area contributed by atoms with Crippen molar-refractivity contribution in [2.24, 2.45) is 0 Å². The molecule has 0 aliphatic rings. The summed E-state index contributed by atoms with van der Waals surface area (Å²) < 4.78 is 10.7. The first-order chi connectivity index (χ1) is 13.0. The van der Waals surface area contributed by atoms with Crippen molar-refractivity contribution in [2.75, 3.05) is 32.1 Å². The maximum atomic E-state index is 12.4. The highest BCUT2D eigenvalue weighted by Gasteiger charge is 2.16. The van der Waals surface area contributed by atoms with Crippen LogP contribution in [-0.4, -0.2) is 43.5 Å². The summed E-state index contributed by atoms with van der Waals surface area (Å²) >= 11 is 0. The zero-order valence-corrected chi connectivity index (χ0v) is 16.0. The van der Waals surface area contributed by atoms with Crippen molar-refractivity contribution in [3.8, 4) is 11.5 Å². The summed E-state index contributed by atoms with van der Waals surface area (Å²) in [7, 11) is 1.57. The number of hydrogen-bond acceptors (Lipinski definition) is 4. The number of amides is 2. The fourth-order valence-corrected chi connectivity index (χ4v) is 2.50. The number of nitrogens with one attached hydrogen (secondary N) is 1. The molecule has 0 fully saturated rings. The summed E-state index contributed by atoms with van der Waals surface area (Å²) in [5.74, 6) is 1.01. The Morgan fingerprint density at radius 1 is 1.07 bits per heavy atom. The summed E-state index contributed by atoms with van der Waals surface area (Å²) in [5, 5.41) is 2.78. The molecule has 0 spiro atoms. The van der Waals surface area contributed by atoms with E-state index in [-0.39, 0.29) is 31.4 Å². The molecular weight excluding hydrogens is 344 g/mol. The van der Waals surface area contributed by atoms with Gasteiger partial charge in [-0.1, -0.05) is 23.8 Å². The molecule has 27 heavy (non-hydrogen) atoms. The third-order valence-corrected chi connectivity index (χ3v) is 4.03. The van der Waals surface area contributed by atoms with Crippen LogP contribution in [0, 0.1) is 6.92 Å². The van der Waals surface area contributed by atoms with Gasteiger partial charge >= 0.3 is 0 Å². The van der Waals surface area contributed by atoms with Gasteiger partial charge in [-0.3, -0.25) is 9.59 Å². The fraction of sp³-hybridized carbons (Fsp3) is 0.333. The second-order valence-corrected chi connectivity index (χ2v) is 6.10. The van der Waals surface area contributed by atoms with Crippen molar-refractivity contribution in [3.63, 3.8) is 0 Å². The van der Waals surface area contributed by atoms with Gasteiger partial charge in [-0.25, -0.2) is 0 Å². The lowest BCUT2D eigenvalue weighted by atomic mass is 10.2. The van der Waals surface area contributed by atoms with Crippen LogP contribution in [0.3, 0.4) is 0 Å². The molecule has 2 aromatic rings. The van der Waals surface area contributed by atoms with E-state index in [2.05, 4.69) is 5.32 Å². The molecule has 0 atom stereocenters. The number of likely N-dealkylation sites (N-methyl/N-ethyl adjacent to an activating group) is 1. The Balaban J connectivity index is 1.80. The predicted molar refractivity (Wildman–Crippen MR) is 105 cm³/mol. The summed E-state index contributed by atoms with van der Waals surface area (Å²) in [6, 6.07) is 14.7. The van der Waals surface area contributed by atoms with E-state index in [0.29, 0.717) is 18.0 Å². The maximum absolute atomic E-state index is 12.4. The van der Waals surface area contributed by atoms with Gasteiger partial charge in [0, 0.05) is 18.3 Å². The molecular formula is C21H26N2O4. The Morgan fingerprint density at radius 3 is 2.48 bits per heavy atom.